The fourth-order valence-corrected chi connectivity index (χ4v) is 2.89. The molecule has 0 bridgehead atoms. The maximum absolute atomic E-state index is 12.8. The molecule has 0 heterocycles. The van der Waals surface area contributed by atoms with Crippen molar-refractivity contribution in [2.75, 3.05) is 11.1 Å². The molecule has 4 aromatic carbocycles. The monoisotopic (exact) mass is 312 g/mol. The molecular weight excluding hydrogens is 296 g/mol. The van der Waals surface area contributed by atoms with E-state index in [1.54, 1.807) is 0 Å². The summed E-state index contributed by atoms with van der Waals surface area (Å²) in [6.07, 6.45) is 0. The van der Waals surface area contributed by atoms with Gasteiger partial charge in [0.15, 0.2) is 5.43 Å². The molecule has 3 N–H and O–H groups in total. The fraction of sp³-hybridized carbons (Fsp3) is 0. The summed E-state index contributed by atoms with van der Waals surface area (Å²) in [5.41, 5.74) is 8.39. The summed E-state index contributed by atoms with van der Waals surface area (Å²) in [5, 5.41) is 6.66. The third-order valence-corrected chi connectivity index (χ3v) is 4.14. The third kappa shape index (κ3) is 2.57. The highest BCUT2D eigenvalue weighted by molar-refractivity contribution is 5.94. The average Bonchev–Trinajstić information content (AvgIpc) is 2.75. The number of nitrogens with one attached hydrogen (secondary N) is 1. The molecule has 0 amide bonds. The van der Waals surface area contributed by atoms with Crippen LogP contribution in [0.4, 0.5) is 17.1 Å². The van der Waals surface area contributed by atoms with Gasteiger partial charge in [-0.1, -0.05) is 36.4 Å². The molecule has 116 valence electrons. The summed E-state index contributed by atoms with van der Waals surface area (Å²) < 4.78 is 0. The van der Waals surface area contributed by atoms with Crippen LogP contribution >= 0.6 is 0 Å². The van der Waals surface area contributed by atoms with E-state index in [-0.39, 0.29) is 5.43 Å². The van der Waals surface area contributed by atoms with E-state index in [4.69, 9.17) is 5.73 Å². The second-order valence-electron chi connectivity index (χ2n) is 5.80. The lowest BCUT2D eigenvalue weighted by Gasteiger charge is -2.07. The second kappa shape index (κ2) is 5.70. The van der Waals surface area contributed by atoms with Crippen LogP contribution < -0.4 is 16.5 Å². The summed E-state index contributed by atoms with van der Waals surface area (Å²) >= 11 is 0. The Balaban J connectivity index is 1.85. The van der Waals surface area contributed by atoms with Crippen LogP contribution in [0.1, 0.15) is 0 Å². The lowest BCUT2D eigenvalue weighted by Crippen LogP contribution is -1.98. The number of nitrogens with two attached hydrogens (primary N) is 1. The average molecular weight is 312 g/mol. The highest BCUT2D eigenvalue weighted by Crippen LogP contribution is 2.22. The van der Waals surface area contributed by atoms with Crippen LogP contribution in [-0.2, 0) is 0 Å². The van der Waals surface area contributed by atoms with Crippen molar-refractivity contribution in [1.82, 2.24) is 0 Å². The Morgan fingerprint density at radius 2 is 1.33 bits per heavy atom. The molecule has 0 fully saturated rings. The highest BCUT2D eigenvalue weighted by Gasteiger charge is 2.03. The standard InChI is InChI=1S/C21H16N2O/c22-16-7-9-17(10-8-16)23-18-11-12-20-15(13-18)6-5-14-3-1-2-4-19(14)21(20)24/h1-13,23H,22H2. The van der Waals surface area contributed by atoms with Gasteiger partial charge in [-0.15, -0.1) is 0 Å². The first-order valence-corrected chi connectivity index (χ1v) is 7.79. The number of anilines is 3. The lowest BCUT2D eigenvalue weighted by molar-refractivity contribution is 1.56. The Hall–Kier alpha value is -3.33. The minimum Gasteiger partial charge on any atom is -0.399 e. The van der Waals surface area contributed by atoms with Crippen molar-refractivity contribution in [3.8, 4) is 0 Å². The number of benzene rings is 3. The molecule has 0 aromatic heterocycles. The van der Waals surface area contributed by atoms with E-state index in [0.717, 1.165) is 38.6 Å². The van der Waals surface area contributed by atoms with E-state index in [9.17, 15) is 4.79 Å². The molecule has 0 radical (unpaired) electrons. The topological polar surface area (TPSA) is 55.1 Å². The maximum Gasteiger partial charge on any atom is 0.194 e. The van der Waals surface area contributed by atoms with E-state index >= 15 is 0 Å². The molecule has 0 aliphatic rings. The van der Waals surface area contributed by atoms with E-state index in [0.29, 0.717) is 0 Å². The van der Waals surface area contributed by atoms with Crippen molar-refractivity contribution in [2.24, 2.45) is 0 Å². The van der Waals surface area contributed by atoms with Gasteiger partial charge in [-0.3, -0.25) is 4.79 Å². The molecular formula is C21H16N2O. The van der Waals surface area contributed by atoms with Gasteiger partial charge in [0.25, 0.3) is 0 Å². The lowest BCUT2D eigenvalue weighted by atomic mass is 10.1. The van der Waals surface area contributed by atoms with Gasteiger partial charge in [0, 0.05) is 27.8 Å². The normalized spacial score (nSPS) is 10.8. The molecule has 3 nitrogen and oxygen atoms in total. The predicted octanol–water partition coefficient (Wildman–Crippen LogP) is 4.68. The van der Waals surface area contributed by atoms with Gasteiger partial charge in [0.2, 0.25) is 0 Å². The largest absolute Gasteiger partial charge is 0.399 e. The smallest absolute Gasteiger partial charge is 0.194 e. The fourth-order valence-electron chi connectivity index (χ4n) is 2.89. The van der Waals surface area contributed by atoms with Gasteiger partial charge < -0.3 is 11.1 Å². The quantitative estimate of drug-likeness (QED) is 0.528. The summed E-state index contributed by atoms with van der Waals surface area (Å²) in [6.45, 7) is 0. The highest BCUT2D eigenvalue weighted by atomic mass is 16.1. The Kier molecular flexibility index (Phi) is 3.39. The number of rotatable bonds is 2. The molecule has 0 saturated heterocycles. The number of fused-ring (bicyclic) bond motifs is 2. The van der Waals surface area contributed by atoms with Gasteiger partial charge in [0.05, 0.1) is 0 Å². The number of nitrogen functional groups attached to an aromatic ring is 1. The van der Waals surface area contributed by atoms with Crippen LogP contribution in [0.5, 0.6) is 0 Å². The molecule has 4 rings (SSSR count). The Morgan fingerprint density at radius 3 is 2.17 bits per heavy atom. The van der Waals surface area contributed by atoms with Crippen LogP contribution in [-0.4, -0.2) is 0 Å². The first kappa shape index (κ1) is 14.3. The van der Waals surface area contributed by atoms with E-state index in [2.05, 4.69) is 5.32 Å². The van der Waals surface area contributed by atoms with Crippen molar-refractivity contribution >= 4 is 38.6 Å². The summed E-state index contributed by atoms with van der Waals surface area (Å²) in [5.74, 6) is 0. The Bertz CT molecular complexity index is 1100. The van der Waals surface area contributed by atoms with Crippen LogP contribution in [0.2, 0.25) is 0 Å². The SMILES string of the molecule is Nc1ccc(Nc2ccc3c(=O)c4ccccc4ccc3c2)cc1. The first-order chi connectivity index (χ1) is 11.7. The van der Waals surface area contributed by atoms with Crippen LogP contribution in [0.3, 0.4) is 0 Å². The van der Waals surface area contributed by atoms with Crippen LogP contribution in [0.15, 0.2) is 83.7 Å². The van der Waals surface area contributed by atoms with Crippen molar-refractivity contribution in [1.29, 1.82) is 0 Å². The molecule has 0 unspecified atom stereocenters. The molecule has 0 aliphatic carbocycles. The first-order valence-electron chi connectivity index (χ1n) is 7.79. The molecule has 0 spiro atoms. The van der Waals surface area contributed by atoms with Crippen LogP contribution in [0.25, 0.3) is 21.5 Å². The Labute approximate surface area is 139 Å². The molecule has 0 saturated carbocycles. The zero-order chi connectivity index (χ0) is 16.5. The van der Waals surface area contributed by atoms with Gasteiger partial charge in [-0.25, -0.2) is 0 Å². The van der Waals surface area contributed by atoms with E-state index in [1.165, 1.54) is 0 Å². The summed E-state index contributed by atoms with van der Waals surface area (Å²) in [6, 6.07) is 25.0. The van der Waals surface area contributed by atoms with E-state index < -0.39 is 0 Å². The summed E-state index contributed by atoms with van der Waals surface area (Å²) in [7, 11) is 0. The van der Waals surface area contributed by atoms with Gasteiger partial charge in [0.1, 0.15) is 0 Å². The van der Waals surface area contributed by atoms with Crippen molar-refractivity contribution in [3.63, 3.8) is 0 Å². The minimum absolute atomic E-state index is 0.0598. The zero-order valence-electron chi connectivity index (χ0n) is 13.0. The van der Waals surface area contributed by atoms with Crippen molar-refractivity contribution in [3.05, 3.63) is 89.1 Å². The number of hydrogen-bond acceptors (Lipinski definition) is 3. The molecule has 3 heteroatoms. The van der Waals surface area contributed by atoms with E-state index in [1.807, 2.05) is 78.9 Å². The predicted molar refractivity (Wildman–Crippen MR) is 102 cm³/mol. The minimum atomic E-state index is 0.0598. The number of hydrogen-bond donors (Lipinski definition) is 2. The second-order valence-corrected chi connectivity index (χ2v) is 5.80. The molecule has 24 heavy (non-hydrogen) atoms. The molecule has 4 aromatic rings. The third-order valence-electron chi connectivity index (χ3n) is 4.14. The van der Waals surface area contributed by atoms with Gasteiger partial charge in [-0.2, -0.15) is 0 Å². The van der Waals surface area contributed by atoms with Gasteiger partial charge in [-0.05, 0) is 53.2 Å². The molecule has 0 atom stereocenters. The summed E-state index contributed by atoms with van der Waals surface area (Å²) in [4.78, 5) is 12.8. The molecule has 0 aliphatic heterocycles. The van der Waals surface area contributed by atoms with Gasteiger partial charge >= 0.3 is 0 Å². The Morgan fingerprint density at radius 1 is 0.667 bits per heavy atom. The maximum atomic E-state index is 12.8. The zero-order valence-corrected chi connectivity index (χ0v) is 13.0. The van der Waals surface area contributed by atoms with Crippen LogP contribution in [0, 0.1) is 0 Å². The van der Waals surface area contributed by atoms with Crippen molar-refractivity contribution in [2.45, 2.75) is 0 Å². The van der Waals surface area contributed by atoms with Crippen molar-refractivity contribution < 1.29 is 0 Å².